The van der Waals surface area contributed by atoms with Crippen LogP contribution in [0.25, 0.3) is 22.1 Å². The molecule has 0 spiro atoms. The number of alkyl halides is 3. The number of halogens is 4. The fraction of sp³-hybridized carbons (Fsp3) is 0.333. The van der Waals surface area contributed by atoms with Crippen molar-refractivity contribution in [1.82, 2.24) is 34.2 Å². The molecule has 2 atom stereocenters. The van der Waals surface area contributed by atoms with Crippen LogP contribution in [0.15, 0.2) is 37.4 Å². The summed E-state index contributed by atoms with van der Waals surface area (Å²) in [6.07, 6.45) is 0.0756. The third kappa shape index (κ3) is 4.85. The minimum Gasteiger partial charge on any atom is -0.383 e. The van der Waals surface area contributed by atoms with E-state index in [1.165, 1.54) is 12.4 Å². The first kappa shape index (κ1) is 24.7. The molecule has 2 N–H and O–H groups in total. The van der Waals surface area contributed by atoms with Gasteiger partial charge in [0.05, 0.1) is 41.0 Å². The van der Waals surface area contributed by atoms with Gasteiger partial charge in [-0.25, -0.2) is 24.0 Å². The molecular weight excluding hydrogens is 492 g/mol. The Morgan fingerprint density at radius 3 is 2.81 bits per heavy atom. The standard InChI is InChI=1S/C24H22F4N8O/c1-3-6-35-10-15(8-16(35)11-37-24(26,27)28)36-23-21(22(29)30-12-31-23)18(33-36)5-4-14-7-19-20(9-17(14)25)34(2)13-32-19/h3,7,9,12-13,15-16H,1,6,8,10-11H2,2H3,(H2,29,30,31)/t15?,16-/m1/s1. The molecule has 4 aromatic rings. The van der Waals surface area contributed by atoms with E-state index in [1.54, 1.807) is 34.8 Å². The van der Waals surface area contributed by atoms with Gasteiger partial charge in [-0.05, 0) is 18.4 Å². The molecule has 0 radical (unpaired) electrons. The Balaban J connectivity index is 1.51. The second kappa shape index (κ2) is 9.45. The van der Waals surface area contributed by atoms with Gasteiger partial charge in [0, 0.05) is 32.2 Å². The SMILES string of the molecule is C=CCN1CC(n2nc(C#Cc3cc4ncn(C)c4cc3F)c3c(N)ncnc32)C[C@@H]1COC(F)(F)F. The first-order valence-corrected chi connectivity index (χ1v) is 11.3. The van der Waals surface area contributed by atoms with Crippen molar-refractivity contribution in [1.29, 1.82) is 0 Å². The Morgan fingerprint density at radius 2 is 2.05 bits per heavy atom. The Labute approximate surface area is 208 Å². The summed E-state index contributed by atoms with van der Waals surface area (Å²) in [6, 6.07) is 2.05. The number of fused-ring (bicyclic) bond motifs is 2. The second-order valence-electron chi connectivity index (χ2n) is 8.72. The predicted octanol–water partition coefficient (Wildman–Crippen LogP) is 3.17. The molecule has 4 heterocycles. The molecule has 0 amide bonds. The lowest BCUT2D eigenvalue weighted by Gasteiger charge is -2.22. The maximum atomic E-state index is 14.7. The minimum absolute atomic E-state index is 0.131. The van der Waals surface area contributed by atoms with E-state index in [9.17, 15) is 17.6 Å². The van der Waals surface area contributed by atoms with Gasteiger partial charge >= 0.3 is 6.36 Å². The van der Waals surface area contributed by atoms with E-state index in [4.69, 9.17) is 5.73 Å². The van der Waals surface area contributed by atoms with Gasteiger partial charge in [-0.15, -0.1) is 19.8 Å². The zero-order valence-corrected chi connectivity index (χ0v) is 19.7. The van der Waals surface area contributed by atoms with Crippen LogP contribution in [0.2, 0.25) is 0 Å². The van der Waals surface area contributed by atoms with Crippen LogP contribution in [-0.4, -0.2) is 66.3 Å². The number of likely N-dealkylation sites (tertiary alicyclic amines) is 1. The minimum atomic E-state index is -4.73. The van der Waals surface area contributed by atoms with Crippen LogP contribution < -0.4 is 5.73 Å². The average molecular weight is 514 g/mol. The number of ether oxygens (including phenoxy) is 1. The van der Waals surface area contributed by atoms with Gasteiger partial charge in [-0.2, -0.15) is 5.10 Å². The number of hydrogen-bond donors (Lipinski definition) is 1. The zero-order valence-electron chi connectivity index (χ0n) is 19.7. The normalized spacial score (nSPS) is 18.4. The zero-order chi connectivity index (χ0) is 26.3. The average Bonchev–Trinajstić information content (AvgIpc) is 3.52. The van der Waals surface area contributed by atoms with Crippen molar-refractivity contribution in [3.8, 4) is 11.8 Å². The molecular formula is C24H22F4N8O. The molecule has 1 aliphatic rings. The highest BCUT2D eigenvalue weighted by molar-refractivity contribution is 5.90. The third-order valence-corrected chi connectivity index (χ3v) is 6.30. The third-order valence-electron chi connectivity index (χ3n) is 6.30. The molecule has 37 heavy (non-hydrogen) atoms. The molecule has 0 saturated carbocycles. The maximum Gasteiger partial charge on any atom is 0.522 e. The monoisotopic (exact) mass is 514 g/mol. The first-order valence-electron chi connectivity index (χ1n) is 11.3. The van der Waals surface area contributed by atoms with Crippen LogP contribution in [0.5, 0.6) is 0 Å². The van der Waals surface area contributed by atoms with Crippen LogP contribution in [0, 0.1) is 17.7 Å². The topological polar surface area (TPSA) is 99.9 Å². The first-order chi connectivity index (χ1) is 17.6. The molecule has 1 unspecified atom stereocenters. The van der Waals surface area contributed by atoms with E-state index in [0.717, 1.165) is 0 Å². The number of hydrogen-bond acceptors (Lipinski definition) is 7. The Morgan fingerprint density at radius 1 is 1.24 bits per heavy atom. The summed E-state index contributed by atoms with van der Waals surface area (Å²) < 4.78 is 60.2. The molecule has 192 valence electrons. The largest absolute Gasteiger partial charge is 0.522 e. The maximum absolute atomic E-state index is 14.7. The van der Waals surface area contributed by atoms with E-state index < -0.39 is 24.8 Å². The second-order valence-corrected chi connectivity index (χ2v) is 8.72. The van der Waals surface area contributed by atoms with Crippen LogP contribution in [-0.2, 0) is 11.8 Å². The number of nitrogen functional groups attached to an aromatic ring is 1. The van der Waals surface area contributed by atoms with Gasteiger partial charge in [-0.1, -0.05) is 12.0 Å². The quantitative estimate of drug-likeness (QED) is 0.248. The van der Waals surface area contributed by atoms with E-state index >= 15 is 0 Å². The van der Waals surface area contributed by atoms with E-state index in [-0.39, 0.29) is 23.1 Å². The summed E-state index contributed by atoms with van der Waals surface area (Å²) >= 11 is 0. The van der Waals surface area contributed by atoms with Gasteiger partial charge < -0.3 is 10.3 Å². The smallest absolute Gasteiger partial charge is 0.383 e. The molecule has 0 aliphatic carbocycles. The van der Waals surface area contributed by atoms with Gasteiger partial charge in [0.1, 0.15) is 23.7 Å². The number of benzene rings is 1. The Bertz CT molecular complexity index is 1550. The van der Waals surface area contributed by atoms with Crippen molar-refractivity contribution < 1.29 is 22.3 Å². The van der Waals surface area contributed by atoms with Crippen molar-refractivity contribution >= 4 is 27.9 Å². The number of nitrogens with two attached hydrogens (primary N) is 1. The van der Waals surface area contributed by atoms with Gasteiger partial charge in [0.15, 0.2) is 5.65 Å². The summed E-state index contributed by atoms with van der Waals surface area (Å²) in [5.74, 6) is 5.30. The van der Waals surface area contributed by atoms with Crippen molar-refractivity contribution in [2.75, 3.05) is 25.4 Å². The van der Waals surface area contributed by atoms with Crippen molar-refractivity contribution in [3.63, 3.8) is 0 Å². The lowest BCUT2D eigenvalue weighted by atomic mass is 10.1. The Kier molecular flexibility index (Phi) is 6.30. The molecule has 1 fully saturated rings. The molecule has 1 saturated heterocycles. The van der Waals surface area contributed by atoms with Crippen LogP contribution in [0.1, 0.15) is 23.7 Å². The number of rotatable bonds is 5. The molecule has 3 aromatic heterocycles. The summed E-state index contributed by atoms with van der Waals surface area (Å²) in [4.78, 5) is 14.4. The summed E-state index contributed by atoms with van der Waals surface area (Å²) in [6.45, 7) is 3.93. The van der Waals surface area contributed by atoms with E-state index in [0.29, 0.717) is 41.6 Å². The van der Waals surface area contributed by atoms with Crippen LogP contribution >= 0.6 is 0 Å². The molecule has 9 nitrogen and oxygen atoms in total. The lowest BCUT2D eigenvalue weighted by Crippen LogP contribution is -2.35. The fourth-order valence-electron chi connectivity index (χ4n) is 4.60. The van der Waals surface area contributed by atoms with Crippen LogP contribution in [0.3, 0.4) is 0 Å². The molecule has 1 aliphatic heterocycles. The molecule has 13 heteroatoms. The summed E-state index contributed by atoms with van der Waals surface area (Å²) in [5.41, 5.74) is 8.09. The van der Waals surface area contributed by atoms with Crippen molar-refractivity contribution in [3.05, 3.63) is 54.5 Å². The Hall–Kier alpha value is -4.02. The van der Waals surface area contributed by atoms with E-state index in [1.807, 2.05) is 4.90 Å². The predicted molar refractivity (Wildman–Crippen MR) is 128 cm³/mol. The highest BCUT2D eigenvalue weighted by Crippen LogP contribution is 2.32. The van der Waals surface area contributed by atoms with Crippen molar-refractivity contribution in [2.24, 2.45) is 7.05 Å². The number of nitrogens with zero attached hydrogens (tertiary/aromatic N) is 7. The highest BCUT2D eigenvalue weighted by atomic mass is 19.4. The number of anilines is 1. The summed E-state index contributed by atoms with van der Waals surface area (Å²) in [5, 5.41) is 4.97. The number of aromatic nitrogens is 6. The molecule has 0 bridgehead atoms. The lowest BCUT2D eigenvalue weighted by molar-refractivity contribution is -0.327. The van der Waals surface area contributed by atoms with Gasteiger partial charge in [0.2, 0.25) is 0 Å². The molecule has 1 aromatic carbocycles. The summed E-state index contributed by atoms with van der Waals surface area (Å²) in [7, 11) is 1.76. The van der Waals surface area contributed by atoms with Gasteiger partial charge in [-0.3, -0.25) is 9.64 Å². The molecule has 5 rings (SSSR count). The van der Waals surface area contributed by atoms with E-state index in [2.05, 4.69) is 43.2 Å². The fourth-order valence-corrected chi connectivity index (χ4v) is 4.60. The van der Waals surface area contributed by atoms with Crippen molar-refractivity contribution in [2.45, 2.75) is 24.9 Å². The number of aryl methyl sites for hydroxylation is 1. The van der Waals surface area contributed by atoms with Crippen LogP contribution in [0.4, 0.5) is 23.4 Å². The highest BCUT2D eigenvalue weighted by Gasteiger charge is 2.38. The van der Waals surface area contributed by atoms with Gasteiger partial charge in [0.25, 0.3) is 0 Å². The number of imidazole rings is 1.